The third-order valence-corrected chi connectivity index (χ3v) is 4.61. The molecule has 1 atom stereocenters. The van der Waals surface area contributed by atoms with Gasteiger partial charge in [0.1, 0.15) is 5.37 Å². The molecule has 1 rings (SSSR count). The number of thioether (sulfide) groups is 1. The zero-order valence-electron chi connectivity index (χ0n) is 7.76. The molecule has 2 amide bonds. The molecule has 0 aromatic rings. The number of hydrogen-bond acceptors (Lipinski definition) is 5. The van der Waals surface area contributed by atoms with Crippen LogP contribution in [0.2, 0.25) is 0 Å². The second-order valence-electron chi connectivity index (χ2n) is 3.00. The topological polar surface area (TPSA) is 92.5 Å². The van der Waals surface area contributed by atoms with Gasteiger partial charge in [0.05, 0.1) is 0 Å². The van der Waals surface area contributed by atoms with Crippen molar-refractivity contribution in [1.82, 2.24) is 10.3 Å². The fourth-order valence-electron chi connectivity index (χ4n) is 1.25. The number of nitrogens with zero attached hydrogens (tertiary/aromatic N) is 1. The Bertz CT molecular complexity index is 316. The summed E-state index contributed by atoms with van der Waals surface area (Å²) in [5, 5.41) is -0.759. The highest BCUT2D eigenvalue weighted by Crippen LogP contribution is 2.19. The molecular weight excluding hydrogens is 226 g/mol. The molecule has 0 spiro atoms. The lowest BCUT2D eigenvalue weighted by Crippen LogP contribution is -2.54. The summed E-state index contributed by atoms with van der Waals surface area (Å²) in [6.45, 7) is 0.408. The van der Waals surface area contributed by atoms with Crippen LogP contribution in [0.15, 0.2) is 0 Å². The van der Waals surface area contributed by atoms with Gasteiger partial charge in [-0.3, -0.25) is 5.43 Å². The number of nitrogens with two attached hydrogens (primary N) is 1. The summed E-state index contributed by atoms with van der Waals surface area (Å²) < 4.78 is 22.7. The smallest absolute Gasteiger partial charge is 0.305 e. The van der Waals surface area contributed by atoms with E-state index in [0.29, 0.717) is 12.3 Å². The van der Waals surface area contributed by atoms with E-state index in [1.165, 1.54) is 16.7 Å². The molecule has 0 bridgehead atoms. The van der Waals surface area contributed by atoms with Crippen LogP contribution < -0.4 is 11.3 Å². The van der Waals surface area contributed by atoms with Gasteiger partial charge in [-0.25, -0.2) is 19.1 Å². The summed E-state index contributed by atoms with van der Waals surface area (Å²) >= 11 is 1.52. The van der Waals surface area contributed by atoms with Crippen molar-refractivity contribution >= 4 is 27.6 Å². The SMILES string of the molecule is CS(=O)(=O)C1CSCCN1C(=O)NN. The number of hydrogen-bond donors (Lipinski definition) is 2. The van der Waals surface area contributed by atoms with E-state index in [9.17, 15) is 13.2 Å². The Hall–Kier alpha value is -0.470. The van der Waals surface area contributed by atoms with Crippen LogP contribution in [0.1, 0.15) is 0 Å². The van der Waals surface area contributed by atoms with E-state index in [4.69, 9.17) is 5.84 Å². The standard InChI is InChI=1S/C6H13N3O3S2/c1-14(11,12)5-4-13-3-2-9(5)6(10)8-7/h5H,2-4,7H2,1H3,(H,8,10). The minimum Gasteiger partial charge on any atom is -0.305 e. The third-order valence-electron chi connectivity index (χ3n) is 1.96. The number of carbonyl (C=O) groups is 1. The fraction of sp³-hybridized carbons (Fsp3) is 0.833. The van der Waals surface area contributed by atoms with Gasteiger partial charge in [0.15, 0.2) is 9.84 Å². The maximum atomic E-state index is 11.3. The number of nitrogens with one attached hydrogen (secondary N) is 1. The second kappa shape index (κ2) is 4.37. The van der Waals surface area contributed by atoms with Crippen molar-refractivity contribution in [2.45, 2.75) is 5.37 Å². The lowest BCUT2D eigenvalue weighted by molar-refractivity contribution is 0.197. The van der Waals surface area contributed by atoms with Gasteiger partial charge in [-0.2, -0.15) is 11.8 Å². The molecule has 1 saturated heterocycles. The predicted octanol–water partition coefficient (Wildman–Crippen LogP) is -1.01. The van der Waals surface area contributed by atoms with Crippen molar-refractivity contribution in [2.24, 2.45) is 5.84 Å². The molecule has 0 aliphatic carbocycles. The summed E-state index contributed by atoms with van der Waals surface area (Å²) in [6.07, 6.45) is 1.13. The van der Waals surface area contributed by atoms with Crippen molar-refractivity contribution in [3.8, 4) is 0 Å². The van der Waals surface area contributed by atoms with E-state index >= 15 is 0 Å². The van der Waals surface area contributed by atoms with Crippen LogP contribution in [0, 0.1) is 0 Å². The second-order valence-corrected chi connectivity index (χ2v) is 6.36. The zero-order chi connectivity index (χ0) is 10.8. The average molecular weight is 239 g/mol. The Labute approximate surface area is 87.1 Å². The number of sulfone groups is 1. The molecule has 6 nitrogen and oxygen atoms in total. The van der Waals surface area contributed by atoms with Gasteiger partial charge in [-0.05, 0) is 0 Å². The lowest BCUT2D eigenvalue weighted by atomic mass is 10.5. The Morgan fingerprint density at radius 1 is 1.64 bits per heavy atom. The van der Waals surface area contributed by atoms with Crippen molar-refractivity contribution in [3.63, 3.8) is 0 Å². The van der Waals surface area contributed by atoms with Gasteiger partial charge in [0.2, 0.25) is 0 Å². The van der Waals surface area contributed by atoms with Gasteiger partial charge >= 0.3 is 6.03 Å². The van der Waals surface area contributed by atoms with E-state index in [1.807, 2.05) is 5.43 Å². The molecule has 0 aromatic carbocycles. The Balaban J connectivity index is 2.85. The van der Waals surface area contributed by atoms with Gasteiger partial charge in [0.25, 0.3) is 0 Å². The number of hydrazine groups is 1. The molecule has 1 fully saturated rings. The van der Waals surface area contributed by atoms with Gasteiger partial charge < -0.3 is 4.90 Å². The summed E-state index contributed by atoms with van der Waals surface area (Å²) in [5.74, 6) is 6.11. The van der Waals surface area contributed by atoms with Crippen LogP contribution in [0.3, 0.4) is 0 Å². The number of amides is 2. The van der Waals surface area contributed by atoms with Crippen molar-refractivity contribution in [2.75, 3.05) is 24.3 Å². The van der Waals surface area contributed by atoms with Gasteiger partial charge in [-0.1, -0.05) is 0 Å². The molecule has 0 aromatic heterocycles. The Morgan fingerprint density at radius 2 is 2.29 bits per heavy atom. The summed E-state index contributed by atoms with van der Waals surface area (Å²) in [5.41, 5.74) is 1.95. The van der Waals surface area contributed by atoms with Crippen LogP contribution >= 0.6 is 11.8 Å². The predicted molar refractivity (Wildman–Crippen MR) is 55.4 cm³/mol. The van der Waals surface area contributed by atoms with E-state index in [1.54, 1.807) is 0 Å². The molecule has 0 saturated carbocycles. The highest BCUT2D eigenvalue weighted by Gasteiger charge is 2.33. The third kappa shape index (κ3) is 2.52. The highest BCUT2D eigenvalue weighted by molar-refractivity contribution is 8.00. The minimum atomic E-state index is -3.24. The van der Waals surface area contributed by atoms with E-state index in [0.717, 1.165) is 12.0 Å². The molecule has 0 radical (unpaired) electrons. The molecular formula is C6H13N3O3S2. The van der Waals surface area contributed by atoms with Gasteiger partial charge in [-0.15, -0.1) is 0 Å². The van der Waals surface area contributed by atoms with Crippen LogP contribution in [0.4, 0.5) is 4.79 Å². The van der Waals surface area contributed by atoms with Crippen molar-refractivity contribution in [3.05, 3.63) is 0 Å². The summed E-state index contributed by atoms with van der Waals surface area (Å²) in [4.78, 5) is 12.5. The molecule has 1 unspecified atom stereocenters. The largest absolute Gasteiger partial charge is 0.332 e. The fourth-order valence-corrected chi connectivity index (χ4v) is 4.07. The summed E-state index contributed by atoms with van der Waals surface area (Å²) in [6, 6.07) is -0.541. The number of carbonyl (C=O) groups excluding carboxylic acids is 1. The maximum Gasteiger partial charge on any atom is 0.332 e. The van der Waals surface area contributed by atoms with E-state index in [2.05, 4.69) is 0 Å². The molecule has 3 N–H and O–H groups in total. The highest BCUT2D eigenvalue weighted by atomic mass is 32.2. The normalized spacial score (nSPS) is 23.3. The minimum absolute atomic E-state index is 0.408. The van der Waals surface area contributed by atoms with Crippen LogP contribution in [0.25, 0.3) is 0 Å². The lowest BCUT2D eigenvalue weighted by Gasteiger charge is -2.33. The number of urea groups is 1. The molecule has 1 aliphatic heterocycles. The number of rotatable bonds is 1. The molecule has 14 heavy (non-hydrogen) atoms. The first-order chi connectivity index (χ1) is 6.46. The maximum absolute atomic E-state index is 11.3. The molecule has 1 aliphatic rings. The van der Waals surface area contributed by atoms with Crippen LogP contribution in [0.5, 0.6) is 0 Å². The molecule has 1 heterocycles. The Morgan fingerprint density at radius 3 is 2.79 bits per heavy atom. The van der Waals surface area contributed by atoms with Crippen LogP contribution in [-0.2, 0) is 9.84 Å². The monoisotopic (exact) mass is 239 g/mol. The van der Waals surface area contributed by atoms with Gasteiger partial charge in [0, 0.05) is 24.3 Å². The average Bonchev–Trinajstić information content (AvgIpc) is 2.15. The van der Waals surface area contributed by atoms with E-state index in [-0.39, 0.29) is 0 Å². The van der Waals surface area contributed by atoms with Crippen LogP contribution in [-0.4, -0.2) is 49.0 Å². The summed E-state index contributed by atoms with van der Waals surface area (Å²) in [7, 11) is -3.24. The first-order valence-corrected chi connectivity index (χ1v) is 7.11. The quantitative estimate of drug-likeness (QED) is 0.347. The Kier molecular flexibility index (Phi) is 3.62. The first-order valence-electron chi connectivity index (χ1n) is 4.00. The zero-order valence-corrected chi connectivity index (χ0v) is 9.40. The van der Waals surface area contributed by atoms with Crippen molar-refractivity contribution < 1.29 is 13.2 Å². The van der Waals surface area contributed by atoms with E-state index < -0.39 is 21.2 Å². The molecule has 8 heteroatoms. The first kappa shape index (κ1) is 11.6. The van der Waals surface area contributed by atoms with Crippen molar-refractivity contribution in [1.29, 1.82) is 0 Å². The molecule has 82 valence electrons.